The molecule has 2 aromatic rings. The van der Waals surface area contributed by atoms with Gasteiger partial charge in [0.25, 0.3) is 0 Å². The maximum atomic E-state index is 14.4. The van der Waals surface area contributed by atoms with Gasteiger partial charge in [-0.05, 0) is 39.8 Å². The predicted molar refractivity (Wildman–Crippen MR) is 94.0 cm³/mol. The second-order valence-electron chi connectivity index (χ2n) is 5.54. The van der Waals surface area contributed by atoms with Gasteiger partial charge in [-0.15, -0.1) is 0 Å². The summed E-state index contributed by atoms with van der Waals surface area (Å²) in [6.45, 7) is 0.520. The molecule has 0 saturated heterocycles. The maximum absolute atomic E-state index is 14.4. The number of nitrogens with one attached hydrogen (secondary N) is 1. The molecule has 0 fully saturated rings. The van der Waals surface area contributed by atoms with Crippen LogP contribution in [0.5, 0.6) is 11.5 Å². The van der Waals surface area contributed by atoms with Crippen LogP contribution < -0.4 is 10.1 Å². The Morgan fingerprint density at radius 3 is 2.54 bits per heavy atom. The van der Waals surface area contributed by atoms with Gasteiger partial charge in [0.05, 0.1) is 11.1 Å². The van der Waals surface area contributed by atoms with Crippen molar-refractivity contribution in [2.45, 2.75) is 16.2 Å². The third kappa shape index (κ3) is 4.00. The zero-order valence-electron chi connectivity index (χ0n) is 13.5. The van der Waals surface area contributed by atoms with Crippen LogP contribution in [0.25, 0.3) is 0 Å². The fraction of sp³-hybridized carbons (Fsp3) is 0.294. The lowest BCUT2D eigenvalue weighted by molar-refractivity contribution is 0.0594. The van der Waals surface area contributed by atoms with Crippen LogP contribution in [0.3, 0.4) is 0 Å². The first kappa shape index (κ1) is 19.5. The van der Waals surface area contributed by atoms with Crippen molar-refractivity contribution < 1.29 is 27.0 Å². The predicted octanol–water partition coefficient (Wildman–Crippen LogP) is 5.50. The van der Waals surface area contributed by atoms with Gasteiger partial charge >= 0.3 is 5.25 Å². The topological polar surface area (TPSA) is 30.5 Å². The van der Waals surface area contributed by atoms with Gasteiger partial charge in [0.2, 0.25) is 0 Å². The average molecular weight is 452 g/mol. The Labute approximate surface area is 160 Å². The lowest BCUT2D eigenvalue weighted by Crippen LogP contribution is -2.33. The molecule has 0 spiro atoms. The molecule has 1 aliphatic heterocycles. The Morgan fingerprint density at radius 2 is 1.88 bits per heavy atom. The zero-order valence-corrected chi connectivity index (χ0v) is 15.9. The van der Waals surface area contributed by atoms with E-state index in [0.717, 1.165) is 18.2 Å². The van der Waals surface area contributed by atoms with Crippen molar-refractivity contribution in [2.75, 3.05) is 20.3 Å². The highest BCUT2D eigenvalue weighted by Crippen LogP contribution is 2.57. The summed E-state index contributed by atoms with van der Waals surface area (Å²) in [5.41, 5.74) is 0.338. The van der Waals surface area contributed by atoms with Gasteiger partial charge in [0.1, 0.15) is 29.2 Å². The first-order valence-electron chi connectivity index (χ1n) is 7.57. The molecule has 9 heteroatoms. The molecule has 3 rings (SSSR count). The molecule has 1 N–H and O–H groups in total. The third-order valence-corrected chi connectivity index (χ3v) is 5.60. The Hall–Kier alpha value is -1.29. The number of methoxy groups -OCH3 is 1. The van der Waals surface area contributed by atoms with E-state index in [4.69, 9.17) is 9.47 Å². The minimum atomic E-state index is -3.05. The lowest BCUT2D eigenvalue weighted by Gasteiger charge is -2.21. The van der Waals surface area contributed by atoms with Crippen LogP contribution in [-0.4, -0.2) is 25.5 Å². The Bertz CT molecular complexity index is 801. The molecule has 26 heavy (non-hydrogen) atoms. The highest BCUT2D eigenvalue weighted by Gasteiger charge is 2.50. The summed E-state index contributed by atoms with van der Waals surface area (Å²) < 4.78 is 66.1. The molecule has 140 valence electrons. The normalized spacial score (nSPS) is 18.0. The van der Waals surface area contributed by atoms with E-state index in [0.29, 0.717) is 26.7 Å². The Kier molecular flexibility index (Phi) is 5.81. The molecule has 1 heterocycles. The standard InChI is InChI=1S/C17H14BrF4NO2S/c1-24-5-4-23-16-14-13(26-17(16,21)22)3-2-12(15(14)18)25-11-7-9(19)6-10(20)8-11/h2-3,6-8,16,23H,4-5H2,1H3. The van der Waals surface area contributed by atoms with E-state index >= 15 is 0 Å². The second kappa shape index (κ2) is 7.75. The summed E-state index contributed by atoms with van der Waals surface area (Å²) >= 11 is 3.75. The monoisotopic (exact) mass is 451 g/mol. The Balaban J connectivity index is 1.93. The molecule has 0 amide bonds. The largest absolute Gasteiger partial charge is 0.456 e. The smallest absolute Gasteiger partial charge is 0.317 e. The van der Waals surface area contributed by atoms with Gasteiger partial charge in [0.15, 0.2) is 0 Å². The number of alkyl halides is 2. The summed E-state index contributed by atoms with van der Waals surface area (Å²) in [5, 5.41) is -0.276. The molecule has 1 unspecified atom stereocenters. The zero-order chi connectivity index (χ0) is 18.9. The van der Waals surface area contributed by atoms with Crippen molar-refractivity contribution >= 4 is 27.7 Å². The number of hydrogen-bond donors (Lipinski definition) is 1. The average Bonchev–Trinajstić information content (AvgIpc) is 2.80. The first-order chi connectivity index (χ1) is 12.3. The van der Waals surface area contributed by atoms with E-state index in [1.165, 1.54) is 19.2 Å². The highest BCUT2D eigenvalue weighted by atomic mass is 79.9. The van der Waals surface area contributed by atoms with Crippen molar-refractivity contribution in [1.82, 2.24) is 5.32 Å². The fourth-order valence-electron chi connectivity index (χ4n) is 2.61. The summed E-state index contributed by atoms with van der Waals surface area (Å²) in [6, 6.07) is 4.48. The lowest BCUT2D eigenvalue weighted by atomic mass is 10.1. The SMILES string of the molecule is COCCNC1c2c(ccc(Oc3cc(F)cc(F)c3)c2Br)SC1(F)F. The third-order valence-electron chi connectivity index (χ3n) is 3.69. The van der Waals surface area contributed by atoms with Crippen molar-refractivity contribution in [3.05, 3.63) is 52.0 Å². The molecule has 3 nitrogen and oxygen atoms in total. The van der Waals surface area contributed by atoms with Crippen LogP contribution in [0.15, 0.2) is 39.7 Å². The van der Waals surface area contributed by atoms with Crippen LogP contribution in [0, 0.1) is 11.6 Å². The van der Waals surface area contributed by atoms with Crippen LogP contribution in [0.2, 0.25) is 0 Å². The minimum absolute atomic E-state index is 0.0653. The molecule has 1 atom stereocenters. The quantitative estimate of drug-likeness (QED) is 0.464. The van der Waals surface area contributed by atoms with Crippen molar-refractivity contribution in [1.29, 1.82) is 0 Å². The first-order valence-corrected chi connectivity index (χ1v) is 9.18. The van der Waals surface area contributed by atoms with Crippen molar-refractivity contribution in [3.63, 3.8) is 0 Å². The molecule has 0 aliphatic carbocycles. The van der Waals surface area contributed by atoms with E-state index < -0.39 is 22.9 Å². The van der Waals surface area contributed by atoms with E-state index in [9.17, 15) is 17.6 Å². The molecule has 1 aliphatic rings. The number of hydrogen-bond acceptors (Lipinski definition) is 4. The maximum Gasteiger partial charge on any atom is 0.317 e. The number of thioether (sulfide) groups is 1. The van der Waals surface area contributed by atoms with E-state index in [1.54, 1.807) is 0 Å². The molecule has 0 aromatic heterocycles. The summed E-state index contributed by atoms with van der Waals surface area (Å²) in [4.78, 5) is 0.398. The van der Waals surface area contributed by atoms with Crippen LogP contribution in [0.1, 0.15) is 11.6 Å². The number of fused-ring (bicyclic) bond motifs is 1. The van der Waals surface area contributed by atoms with Crippen molar-refractivity contribution in [2.24, 2.45) is 0 Å². The van der Waals surface area contributed by atoms with Gasteiger partial charge in [-0.3, -0.25) is 0 Å². The van der Waals surface area contributed by atoms with Crippen molar-refractivity contribution in [3.8, 4) is 11.5 Å². The fourth-order valence-corrected chi connectivity index (χ4v) is 4.47. The highest BCUT2D eigenvalue weighted by molar-refractivity contribution is 9.10. The minimum Gasteiger partial charge on any atom is -0.456 e. The summed E-state index contributed by atoms with van der Waals surface area (Å²) in [5.74, 6) is -1.47. The van der Waals surface area contributed by atoms with Gasteiger partial charge in [-0.1, -0.05) is 0 Å². The molecular formula is C17H14BrF4NO2S. The van der Waals surface area contributed by atoms with Crippen LogP contribution in [0.4, 0.5) is 17.6 Å². The van der Waals surface area contributed by atoms with E-state index in [-0.39, 0.29) is 24.7 Å². The van der Waals surface area contributed by atoms with Crippen LogP contribution >= 0.6 is 27.7 Å². The molecule has 0 radical (unpaired) electrons. The molecule has 0 saturated carbocycles. The molecule has 0 bridgehead atoms. The summed E-state index contributed by atoms with van der Waals surface area (Å²) in [7, 11) is 1.48. The van der Waals surface area contributed by atoms with Gasteiger partial charge in [-0.25, -0.2) is 8.78 Å². The number of ether oxygens (including phenoxy) is 2. The molecular weight excluding hydrogens is 438 g/mol. The number of halogens is 5. The van der Waals surface area contributed by atoms with Gasteiger partial charge in [-0.2, -0.15) is 8.78 Å². The number of benzene rings is 2. The Morgan fingerprint density at radius 1 is 1.19 bits per heavy atom. The second-order valence-corrected chi connectivity index (χ2v) is 7.52. The van der Waals surface area contributed by atoms with Crippen LogP contribution in [-0.2, 0) is 4.74 Å². The molecule has 2 aromatic carbocycles. The summed E-state index contributed by atoms with van der Waals surface area (Å²) in [6.07, 6.45) is 0. The van der Waals surface area contributed by atoms with E-state index in [1.807, 2.05) is 0 Å². The number of rotatable bonds is 6. The van der Waals surface area contributed by atoms with E-state index in [2.05, 4.69) is 21.2 Å². The van der Waals surface area contributed by atoms with Gasteiger partial charge < -0.3 is 14.8 Å². The van der Waals surface area contributed by atoms with Gasteiger partial charge in [0, 0.05) is 42.3 Å².